The van der Waals surface area contributed by atoms with Crippen molar-refractivity contribution in [2.75, 3.05) is 32.9 Å². The molecule has 0 aromatic heterocycles. The molecule has 0 radical (unpaired) electrons. The first-order valence-electron chi connectivity index (χ1n) is 7.27. The molecule has 0 aromatic rings. The van der Waals surface area contributed by atoms with Crippen LogP contribution < -0.4 is 0 Å². The van der Waals surface area contributed by atoms with Gasteiger partial charge in [0.15, 0.2) is 0 Å². The summed E-state index contributed by atoms with van der Waals surface area (Å²) in [6, 6.07) is 0.561. The summed E-state index contributed by atoms with van der Waals surface area (Å²) >= 11 is 0. The molecular formula is C15H29NO2. The first-order chi connectivity index (χ1) is 8.67. The number of hydrogen-bond acceptors (Lipinski definition) is 3. The van der Waals surface area contributed by atoms with E-state index in [0.29, 0.717) is 18.8 Å². The van der Waals surface area contributed by atoms with Crippen molar-refractivity contribution in [2.45, 2.75) is 52.2 Å². The zero-order valence-corrected chi connectivity index (χ0v) is 12.3. The zero-order chi connectivity index (χ0) is 13.4. The average molecular weight is 255 g/mol. The molecule has 3 nitrogen and oxygen atoms in total. The fourth-order valence-corrected chi connectivity index (χ4v) is 2.53. The third-order valence-corrected chi connectivity index (χ3v) is 3.71. The first-order valence-corrected chi connectivity index (χ1v) is 7.27. The monoisotopic (exact) mass is 255 g/mol. The Bertz CT molecular complexity index is 233. The van der Waals surface area contributed by atoms with Gasteiger partial charge in [-0.05, 0) is 39.3 Å². The predicted molar refractivity (Wildman–Crippen MR) is 75.9 cm³/mol. The Morgan fingerprint density at radius 1 is 1.33 bits per heavy atom. The highest BCUT2D eigenvalue weighted by Gasteiger charge is 2.16. The van der Waals surface area contributed by atoms with Crippen LogP contribution in [0.3, 0.4) is 0 Å². The molecule has 0 aliphatic carbocycles. The van der Waals surface area contributed by atoms with E-state index in [1.807, 2.05) is 0 Å². The van der Waals surface area contributed by atoms with Crippen molar-refractivity contribution >= 4 is 0 Å². The summed E-state index contributed by atoms with van der Waals surface area (Å²) < 4.78 is 11.2. The molecule has 3 heteroatoms. The van der Waals surface area contributed by atoms with E-state index < -0.39 is 0 Å². The van der Waals surface area contributed by atoms with Crippen LogP contribution in [0.4, 0.5) is 0 Å². The summed E-state index contributed by atoms with van der Waals surface area (Å²) in [4.78, 5) is 2.46. The topological polar surface area (TPSA) is 21.7 Å². The molecule has 1 aliphatic rings. The highest BCUT2D eigenvalue weighted by molar-refractivity contribution is 4.97. The van der Waals surface area contributed by atoms with Gasteiger partial charge in [0.1, 0.15) is 0 Å². The molecule has 1 fully saturated rings. The Labute approximate surface area is 112 Å². The standard InChI is InChI=1S/C15H29NO2/c1-5-16(6-2)14(4)11-13(3)12-18-15-7-9-17-10-8-15/h14-15H,3,5-12H2,1-2,4H3. The molecule has 18 heavy (non-hydrogen) atoms. The van der Waals surface area contributed by atoms with Crippen LogP contribution in [-0.2, 0) is 9.47 Å². The Morgan fingerprint density at radius 3 is 2.50 bits per heavy atom. The van der Waals surface area contributed by atoms with Crippen LogP contribution in [0.25, 0.3) is 0 Å². The van der Waals surface area contributed by atoms with Crippen molar-refractivity contribution in [1.29, 1.82) is 0 Å². The molecule has 1 saturated heterocycles. The van der Waals surface area contributed by atoms with Crippen molar-refractivity contribution in [2.24, 2.45) is 0 Å². The van der Waals surface area contributed by atoms with E-state index in [2.05, 4.69) is 32.3 Å². The molecule has 1 unspecified atom stereocenters. The van der Waals surface area contributed by atoms with Gasteiger partial charge in [-0.1, -0.05) is 26.0 Å². The minimum atomic E-state index is 0.374. The maximum absolute atomic E-state index is 5.89. The second-order valence-electron chi connectivity index (χ2n) is 5.15. The third kappa shape index (κ3) is 5.51. The molecule has 0 aromatic carbocycles. The van der Waals surface area contributed by atoms with Gasteiger partial charge in [-0.2, -0.15) is 0 Å². The van der Waals surface area contributed by atoms with Crippen LogP contribution in [0.2, 0.25) is 0 Å². The molecule has 0 spiro atoms. The van der Waals surface area contributed by atoms with E-state index in [-0.39, 0.29) is 0 Å². The lowest BCUT2D eigenvalue weighted by Crippen LogP contribution is -2.33. The maximum atomic E-state index is 5.89. The molecule has 1 rings (SSSR count). The number of rotatable bonds is 8. The van der Waals surface area contributed by atoms with Crippen LogP contribution in [0.1, 0.15) is 40.0 Å². The number of ether oxygens (including phenoxy) is 2. The van der Waals surface area contributed by atoms with Gasteiger partial charge in [-0.25, -0.2) is 0 Å². The fourth-order valence-electron chi connectivity index (χ4n) is 2.53. The van der Waals surface area contributed by atoms with Gasteiger partial charge < -0.3 is 14.4 Å². The second-order valence-corrected chi connectivity index (χ2v) is 5.15. The predicted octanol–water partition coefficient (Wildman–Crippen LogP) is 2.86. The van der Waals surface area contributed by atoms with E-state index in [0.717, 1.165) is 45.6 Å². The highest BCUT2D eigenvalue weighted by Crippen LogP contribution is 2.14. The normalized spacial score (nSPS) is 19.1. The largest absolute Gasteiger partial charge is 0.381 e. The van der Waals surface area contributed by atoms with Crippen molar-refractivity contribution in [1.82, 2.24) is 4.90 Å². The van der Waals surface area contributed by atoms with Crippen molar-refractivity contribution in [3.05, 3.63) is 12.2 Å². The number of nitrogens with zero attached hydrogens (tertiary/aromatic N) is 1. The summed E-state index contributed by atoms with van der Waals surface area (Å²) in [7, 11) is 0. The molecule has 106 valence electrons. The molecule has 0 N–H and O–H groups in total. The summed E-state index contributed by atoms with van der Waals surface area (Å²) in [5.74, 6) is 0. The Hall–Kier alpha value is -0.380. The van der Waals surface area contributed by atoms with Gasteiger partial charge in [-0.3, -0.25) is 0 Å². The van der Waals surface area contributed by atoms with E-state index in [9.17, 15) is 0 Å². The minimum Gasteiger partial charge on any atom is -0.381 e. The second kappa shape index (κ2) is 8.68. The highest BCUT2D eigenvalue weighted by atomic mass is 16.5. The van der Waals surface area contributed by atoms with E-state index in [1.54, 1.807) is 0 Å². The summed E-state index contributed by atoms with van der Waals surface area (Å²) in [6.45, 7) is 15.4. The van der Waals surface area contributed by atoms with Gasteiger partial charge >= 0.3 is 0 Å². The van der Waals surface area contributed by atoms with Crippen LogP contribution >= 0.6 is 0 Å². The van der Waals surface area contributed by atoms with Crippen molar-refractivity contribution in [3.63, 3.8) is 0 Å². The molecule has 0 saturated carbocycles. The molecule has 1 aliphatic heterocycles. The molecule has 1 heterocycles. The van der Waals surface area contributed by atoms with Crippen LogP contribution in [-0.4, -0.2) is 50.0 Å². The SMILES string of the molecule is C=C(COC1CCOCC1)CC(C)N(CC)CC. The fraction of sp³-hybridized carbons (Fsp3) is 0.867. The van der Waals surface area contributed by atoms with E-state index in [1.165, 1.54) is 5.57 Å². The lowest BCUT2D eigenvalue weighted by molar-refractivity contribution is -0.0250. The van der Waals surface area contributed by atoms with Gasteiger partial charge in [0.25, 0.3) is 0 Å². The minimum absolute atomic E-state index is 0.374. The number of hydrogen-bond donors (Lipinski definition) is 0. The van der Waals surface area contributed by atoms with Crippen LogP contribution in [0, 0.1) is 0 Å². The quantitative estimate of drug-likeness (QED) is 0.623. The lowest BCUT2D eigenvalue weighted by Gasteiger charge is -2.28. The zero-order valence-electron chi connectivity index (χ0n) is 12.3. The molecule has 0 amide bonds. The van der Waals surface area contributed by atoms with E-state index >= 15 is 0 Å². The molecule has 0 bridgehead atoms. The summed E-state index contributed by atoms with van der Waals surface area (Å²) in [5, 5.41) is 0. The first kappa shape index (κ1) is 15.7. The lowest BCUT2D eigenvalue weighted by atomic mass is 10.1. The van der Waals surface area contributed by atoms with Gasteiger partial charge in [0, 0.05) is 19.3 Å². The van der Waals surface area contributed by atoms with E-state index in [4.69, 9.17) is 9.47 Å². The van der Waals surface area contributed by atoms with Crippen molar-refractivity contribution in [3.8, 4) is 0 Å². The van der Waals surface area contributed by atoms with Gasteiger partial charge in [0.05, 0.1) is 12.7 Å². The summed E-state index contributed by atoms with van der Waals surface area (Å²) in [5.41, 5.74) is 1.21. The average Bonchev–Trinajstić information content (AvgIpc) is 2.39. The summed E-state index contributed by atoms with van der Waals surface area (Å²) in [6.07, 6.45) is 3.46. The van der Waals surface area contributed by atoms with Crippen molar-refractivity contribution < 1.29 is 9.47 Å². The van der Waals surface area contributed by atoms with Crippen LogP contribution in [0.15, 0.2) is 12.2 Å². The smallest absolute Gasteiger partial charge is 0.0678 e. The molecule has 1 atom stereocenters. The van der Waals surface area contributed by atoms with Crippen LogP contribution in [0.5, 0.6) is 0 Å². The third-order valence-electron chi connectivity index (χ3n) is 3.71. The van der Waals surface area contributed by atoms with Gasteiger partial charge in [0.2, 0.25) is 0 Å². The maximum Gasteiger partial charge on any atom is 0.0678 e. The Morgan fingerprint density at radius 2 is 1.94 bits per heavy atom. The Kier molecular flexibility index (Phi) is 7.56. The molecular weight excluding hydrogens is 226 g/mol. The Balaban J connectivity index is 2.19. The van der Waals surface area contributed by atoms with Gasteiger partial charge in [-0.15, -0.1) is 0 Å².